The quantitative estimate of drug-likeness (QED) is 0.115. The highest BCUT2D eigenvalue weighted by Crippen LogP contribution is 2.45. The number of halogens is 1. The molecule has 0 saturated heterocycles. The molecule has 0 spiro atoms. The summed E-state index contributed by atoms with van der Waals surface area (Å²) in [5, 5.41) is 21.7. The van der Waals surface area contributed by atoms with Crippen LogP contribution in [0, 0.1) is 0 Å². The molecule has 1 heterocycles. The summed E-state index contributed by atoms with van der Waals surface area (Å²) in [6.07, 6.45) is -0.321. The van der Waals surface area contributed by atoms with Gasteiger partial charge in [0.05, 0.1) is 39.6 Å². The van der Waals surface area contributed by atoms with Gasteiger partial charge in [0.25, 0.3) is 0 Å². The number of aromatic carboxylic acids is 2. The molecule has 0 amide bonds. The number of ether oxygens (including phenoxy) is 6. The van der Waals surface area contributed by atoms with Crippen molar-refractivity contribution in [3.8, 4) is 56.8 Å². The molecule has 0 atom stereocenters. The van der Waals surface area contributed by atoms with Crippen molar-refractivity contribution in [3.05, 3.63) is 70.0 Å². The zero-order chi connectivity index (χ0) is 36.9. The first-order valence-electron chi connectivity index (χ1n) is 16.2. The van der Waals surface area contributed by atoms with E-state index in [1.165, 1.54) is 18.8 Å². The predicted molar refractivity (Wildman–Crippen MR) is 194 cm³/mol. The molecule has 0 aliphatic heterocycles. The molecule has 0 bridgehead atoms. The lowest BCUT2D eigenvalue weighted by molar-refractivity contribution is 0.0677. The Morgan fingerprint density at radius 2 is 1.02 bits per heavy atom. The molecule has 0 radical (unpaired) electrons. The van der Waals surface area contributed by atoms with Crippen LogP contribution in [-0.4, -0.2) is 66.4 Å². The lowest BCUT2D eigenvalue weighted by Gasteiger charge is -2.17. The zero-order valence-electron chi connectivity index (χ0n) is 29.8. The second-order valence-electron chi connectivity index (χ2n) is 12.3. The number of rotatable bonds is 16. The maximum atomic E-state index is 13.3. The van der Waals surface area contributed by atoms with Crippen molar-refractivity contribution in [2.24, 2.45) is 0 Å². The van der Waals surface area contributed by atoms with Gasteiger partial charge in [-0.2, -0.15) is 0 Å². The largest absolute Gasteiger partial charge is 0.493 e. The summed E-state index contributed by atoms with van der Waals surface area (Å²) in [4.78, 5) is 26.6. The molecule has 50 heavy (non-hydrogen) atoms. The number of methoxy groups -OCH3 is 3. The summed E-state index contributed by atoms with van der Waals surface area (Å²) < 4.78 is 36.7. The fourth-order valence-electron chi connectivity index (χ4n) is 5.71. The Morgan fingerprint density at radius 1 is 0.620 bits per heavy atom. The molecule has 11 nitrogen and oxygen atoms in total. The van der Waals surface area contributed by atoms with Crippen LogP contribution in [0.5, 0.6) is 34.5 Å². The van der Waals surface area contributed by atoms with E-state index >= 15 is 0 Å². The summed E-state index contributed by atoms with van der Waals surface area (Å²) in [7, 11) is 4.57. The van der Waals surface area contributed by atoms with Crippen LogP contribution in [0.25, 0.3) is 22.3 Å². The van der Waals surface area contributed by atoms with Crippen LogP contribution in [0.1, 0.15) is 68.1 Å². The number of benzene rings is 3. The summed E-state index contributed by atoms with van der Waals surface area (Å²) in [5.41, 5.74) is 1.60. The van der Waals surface area contributed by atoms with Crippen molar-refractivity contribution in [1.29, 1.82) is 0 Å². The lowest BCUT2D eigenvalue weighted by Crippen LogP contribution is -2.17. The van der Waals surface area contributed by atoms with Gasteiger partial charge in [-0.1, -0.05) is 28.1 Å². The van der Waals surface area contributed by atoms with E-state index in [1.807, 2.05) is 47.6 Å². The molecule has 3 aromatic carbocycles. The van der Waals surface area contributed by atoms with Gasteiger partial charge in [0.1, 0.15) is 11.4 Å². The van der Waals surface area contributed by atoms with Crippen LogP contribution < -0.4 is 28.4 Å². The second kappa shape index (κ2) is 16.2. The molecule has 4 aromatic rings. The van der Waals surface area contributed by atoms with E-state index in [4.69, 9.17) is 28.4 Å². The molecule has 0 fully saturated rings. The fraction of sp³-hybridized carbons (Fsp3) is 0.368. The van der Waals surface area contributed by atoms with E-state index in [9.17, 15) is 19.8 Å². The van der Waals surface area contributed by atoms with E-state index in [-0.39, 0.29) is 53.8 Å². The van der Waals surface area contributed by atoms with Gasteiger partial charge < -0.3 is 43.2 Å². The maximum absolute atomic E-state index is 13.3. The van der Waals surface area contributed by atoms with Crippen LogP contribution in [0.3, 0.4) is 0 Å². The van der Waals surface area contributed by atoms with Crippen molar-refractivity contribution in [3.63, 3.8) is 0 Å². The highest BCUT2D eigenvalue weighted by molar-refractivity contribution is 9.10. The van der Waals surface area contributed by atoms with Crippen molar-refractivity contribution in [1.82, 2.24) is 4.57 Å². The third-order valence-corrected chi connectivity index (χ3v) is 8.34. The lowest BCUT2D eigenvalue weighted by atomic mass is 9.94. The summed E-state index contributed by atoms with van der Waals surface area (Å²) >= 11 is 3.60. The number of carboxylic acids is 2. The van der Waals surface area contributed by atoms with Crippen LogP contribution >= 0.6 is 15.9 Å². The SMILES string of the molecule is COc1ccc(-c2c(-c3ccc(OC)c(OC(C)C)c3)c(C(=O)O)n(CCc3cc(OC(C)C)c(OC)cc3Br)c2C(=O)O)cc1OC(C)C. The second-order valence-corrected chi connectivity index (χ2v) is 13.1. The molecular weight excluding hydrogens is 710 g/mol. The summed E-state index contributed by atoms with van der Waals surface area (Å²) in [5.74, 6) is 0.0738. The Labute approximate surface area is 300 Å². The molecule has 1 aromatic heterocycles. The minimum absolute atomic E-state index is 0.000669. The maximum Gasteiger partial charge on any atom is 0.353 e. The number of carbonyl (C=O) groups is 2. The van der Waals surface area contributed by atoms with Crippen LogP contribution in [0.2, 0.25) is 0 Å². The smallest absolute Gasteiger partial charge is 0.353 e. The minimum Gasteiger partial charge on any atom is -0.493 e. The first-order valence-corrected chi connectivity index (χ1v) is 17.0. The molecule has 0 aliphatic carbocycles. The molecule has 0 saturated carbocycles. The number of aromatic nitrogens is 1. The van der Waals surface area contributed by atoms with Crippen molar-refractivity contribution >= 4 is 27.9 Å². The van der Waals surface area contributed by atoms with E-state index < -0.39 is 11.9 Å². The molecule has 268 valence electrons. The van der Waals surface area contributed by atoms with Crippen molar-refractivity contribution in [2.75, 3.05) is 21.3 Å². The highest BCUT2D eigenvalue weighted by Gasteiger charge is 2.33. The van der Waals surface area contributed by atoms with Gasteiger partial charge >= 0.3 is 11.9 Å². The van der Waals surface area contributed by atoms with Gasteiger partial charge in [-0.3, -0.25) is 0 Å². The van der Waals surface area contributed by atoms with Gasteiger partial charge in [-0.25, -0.2) is 9.59 Å². The van der Waals surface area contributed by atoms with Crippen molar-refractivity contribution in [2.45, 2.75) is 72.8 Å². The minimum atomic E-state index is -1.30. The topological polar surface area (TPSA) is 135 Å². The monoisotopic (exact) mass is 753 g/mol. The Morgan fingerprint density at radius 3 is 1.38 bits per heavy atom. The number of aryl methyl sites for hydroxylation is 1. The van der Waals surface area contributed by atoms with Crippen LogP contribution in [0.15, 0.2) is 53.0 Å². The third kappa shape index (κ3) is 8.30. The van der Waals surface area contributed by atoms with Gasteiger partial charge in [0, 0.05) is 22.1 Å². The van der Waals surface area contributed by atoms with Crippen molar-refractivity contribution < 1.29 is 48.2 Å². The fourth-order valence-corrected chi connectivity index (χ4v) is 6.23. The number of hydrogen-bond donors (Lipinski definition) is 2. The van der Waals surface area contributed by atoms with Gasteiger partial charge in [-0.05, 0) is 101 Å². The molecule has 0 aliphatic rings. The average Bonchev–Trinajstić information content (AvgIpc) is 3.39. The standard InChI is InChI=1S/C38H44BrNO10/c1-20(2)48-30-17-24(10-12-27(30)45-7)33-34(25-11-13-28(46-8)31(18-25)49-21(3)4)36(38(43)44)40(35(33)37(41)42)15-14-23-16-32(50-22(5)6)29(47-9)19-26(23)39/h10-13,16-22H,14-15H2,1-9H3,(H,41,42)(H,43,44). The van der Waals surface area contributed by atoms with E-state index in [2.05, 4.69) is 15.9 Å². The Balaban J connectivity index is 2.06. The molecule has 4 rings (SSSR count). The number of nitrogens with zero attached hydrogens (tertiary/aromatic N) is 1. The first-order chi connectivity index (χ1) is 23.7. The highest BCUT2D eigenvalue weighted by atomic mass is 79.9. The summed E-state index contributed by atoms with van der Waals surface area (Å²) in [6.45, 7) is 11.2. The summed E-state index contributed by atoms with van der Waals surface area (Å²) in [6, 6.07) is 13.7. The van der Waals surface area contributed by atoms with E-state index in [1.54, 1.807) is 49.6 Å². The van der Waals surface area contributed by atoms with Gasteiger partial charge in [0.15, 0.2) is 34.5 Å². The average molecular weight is 755 g/mol. The third-order valence-electron chi connectivity index (χ3n) is 7.60. The van der Waals surface area contributed by atoms with E-state index in [0.29, 0.717) is 50.1 Å². The normalized spacial score (nSPS) is 11.2. The Bertz CT molecular complexity index is 1760. The Kier molecular flexibility index (Phi) is 12.3. The molecular formula is C38H44BrNO10. The zero-order valence-corrected chi connectivity index (χ0v) is 31.3. The predicted octanol–water partition coefficient (Wildman–Crippen LogP) is 8.61. The molecule has 12 heteroatoms. The number of hydrogen-bond acceptors (Lipinski definition) is 8. The van der Waals surface area contributed by atoms with E-state index in [0.717, 1.165) is 5.56 Å². The first kappa shape index (κ1) is 38.0. The van der Waals surface area contributed by atoms with Crippen LogP contribution in [0.4, 0.5) is 0 Å². The molecule has 2 N–H and O–H groups in total. The van der Waals surface area contributed by atoms with Gasteiger partial charge in [-0.15, -0.1) is 0 Å². The van der Waals surface area contributed by atoms with Gasteiger partial charge in [0.2, 0.25) is 0 Å². The number of carboxylic acid groups (broad SMARTS) is 2. The molecule has 0 unspecified atom stereocenters. The Hall–Kier alpha value is -4.84. The van der Waals surface area contributed by atoms with Crippen LogP contribution in [-0.2, 0) is 13.0 Å².